The molecule has 1 aromatic rings. The molecule has 0 radical (unpaired) electrons. The van der Waals surface area contributed by atoms with E-state index in [1.807, 2.05) is 4.68 Å². The molecule has 0 aliphatic heterocycles. The van der Waals surface area contributed by atoms with Gasteiger partial charge in [0.1, 0.15) is 5.54 Å². The van der Waals surface area contributed by atoms with Crippen molar-refractivity contribution in [3.8, 4) is 0 Å². The van der Waals surface area contributed by atoms with E-state index in [9.17, 15) is 10.1 Å². The first kappa shape index (κ1) is 17.3. The van der Waals surface area contributed by atoms with Crippen LogP contribution in [0.15, 0.2) is 0 Å². The van der Waals surface area contributed by atoms with Crippen molar-refractivity contribution in [3.05, 3.63) is 21.4 Å². The second-order valence-corrected chi connectivity index (χ2v) is 12.3. The van der Waals surface area contributed by atoms with Gasteiger partial charge < -0.3 is 10.1 Å². The molecule has 156 valence electrons. The molecule has 9 rings (SSSR count). The lowest BCUT2D eigenvalue weighted by Crippen LogP contribution is -2.52. The van der Waals surface area contributed by atoms with E-state index in [0.717, 1.165) is 66.0 Å². The molecular formula is C24H33N3O2. The van der Waals surface area contributed by atoms with Gasteiger partial charge in [-0.1, -0.05) is 5.10 Å². The third-order valence-corrected chi connectivity index (χ3v) is 10.2. The highest BCUT2D eigenvalue weighted by molar-refractivity contribution is 5.46. The van der Waals surface area contributed by atoms with Gasteiger partial charge >= 0.3 is 5.82 Å². The van der Waals surface area contributed by atoms with Crippen LogP contribution < -0.4 is 0 Å². The summed E-state index contributed by atoms with van der Waals surface area (Å²) in [4.78, 5) is 12.6. The fourth-order valence-electron chi connectivity index (χ4n) is 10.4. The van der Waals surface area contributed by atoms with Crippen LogP contribution in [-0.4, -0.2) is 14.7 Å². The van der Waals surface area contributed by atoms with Crippen molar-refractivity contribution in [1.29, 1.82) is 0 Å². The Morgan fingerprint density at radius 2 is 1.24 bits per heavy atom. The quantitative estimate of drug-likeness (QED) is 0.502. The van der Waals surface area contributed by atoms with E-state index < -0.39 is 0 Å². The van der Waals surface area contributed by atoms with Gasteiger partial charge in [-0.05, 0) is 124 Å². The van der Waals surface area contributed by atoms with Crippen LogP contribution in [0.4, 0.5) is 5.82 Å². The standard InChI is InChI=1S/C24H33N3O2/c1-14-21(23-8-15-2-16(9-23)4-17(3-15)10-23)22(27(28)29)26(25-14)24-11-18-5-19(12-24)7-20(6-18)13-24/h15-20H,2-13H2,1H3. The second-order valence-electron chi connectivity index (χ2n) is 12.3. The van der Waals surface area contributed by atoms with Gasteiger partial charge in [0.25, 0.3) is 0 Å². The molecule has 0 saturated heterocycles. The normalized spacial score (nSPS) is 49.1. The summed E-state index contributed by atoms with van der Waals surface area (Å²) in [5.41, 5.74) is 2.02. The highest BCUT2D eigenvalue weighted by Crippen LogP contribution is 2.64. The molecular weight excluding hydrogens is 362 g/mol. The van der Waals surface area contributed by atoms with Gasteiger partial charge in [-0.3, -0.25) is 0 Å². The average molecular weight is 396 g/mol. The number of aromatic nitrogens is 2. The van der Waals surface area contributed by atoms with Crippen molar-refractivity contribution in [2.45, 2.75) is 94.9 Å². The van der Waals surface area contributed by atoms with Gasteiger partial charge in [0.2, 0.25) is 0 Å². The molecule has 0 amide bonds. The Morgan fingerprint density at radius 3 is 1.66 bits per heavy atom. The second kappa shape index (κ2) is 5.45. The van der Waals surface area contributed by atoms with E-state index in [1.54, 1.807) is 0 Å². The van der Waals surface area contributed by atoms with E-state index in [1.165, 1.54) is 57.8 Å². The van der Waals surface area contributed by atoms with Gasteiger partial charge in [-0.2, -0.15) is 0 Å². The molecule has 0 atom stereocenters. The molecule has 8 aliphatic carbocycles. The zero-order valence-corrected chi connectivity index (χ0v) is 17.6. The molecule has 0 aromatic carbocycles. The molecule has 1 heterocycles. The predicted octanol–water partition coefficient (Wildman–Crippen LogP) is 5.49. The maximum absolute atomic E-state index is 12.6. The summed E-state index contributed by atoms with van der Waals surface area (Å²) in [6.07, 6.45) is 15.1. The molecule has 1 aromatic heterocycles. The Bertz CT molecular complexity index is 830. The zero-order valence-electron chi connectivity index (χ0n) is 17.6. The highest BCUT2D eigenvalue weighted by atomic mass is 16.6. The van der Waals surface area contributed by atoms with Crippen LogP contribution in [-0.2, 0) is 11.0 Å². The Balaban J connectivity index is 1.39. The van der Waals surface area contributed by atoms with Gasteiger partial charge in [-0.15, -0.1) is 4.68 Å². The van der Waals surface area contributed by atoms with Gasteiger partial charge in [-0.25, -0.2) is 0 Å². The molecule has 5 heteroatoms. The largest absolute Gasteiger partial charge is 0.358 e. The predicted molar refractivity (Wildman–Crippen MR) is 110 cm³/mol. The first-order valence-corrected chi connectivity index (χ1v) is 12.2. The van der Waals surface area contributed by atoms with Gasteiger partial charge in [0.05, 0.1) is 11.3 Å². The smallest absolute Gasteiger partial charge is 0.349 e. The molecule has 8 saturated carbocycles. The number of nitro groups is 1. The molecule has 0 N–H and O–H groups in total. The molecule has 0 spiro atoms. The van der Waals surface area contributed by atoms with Crippen LogP contribution in [0, 0.1) is 52.5 Å². The Kier molecular flexibility index (Phi) is 3.25. The van der Waals surface area contributed by atoms with E-state index in [4.69, 9.17) is 5.10 Å². The van der Waals surface area contributed by atoms with Crippen molar-refractivity contribution in [2.24, 2.45) is 35.5 Å². The number of hydrogen-bond acceptors (Lipinski definition) is 3. The molecule has 5 nitrogen and oxygen atoms in total. The number of nitrogens with zero attached hydrogens (tertiary/aromatic N) is 3. The van der Waals surface area contributed by atoms with E-state index in [-0.39, 0.29) is 15.9 Å². The van der Waals surface area contributed by atoms with Crippen molar-refractivity contribution in [3.63, 3.8) is 0 Å². The van der Waals surface area contributed by atoms with Crippen LogP contribution in [0.2, 0.25) is 0 Å². The topological polar surface area (TPSA) is 61.0 Å². The molecule has 0 unspecified atom stereocenters. The number of rotatable bonds is 3. The minimum Gasteiger partial charge on any atom is -0.358 e. The minimum atomic E-state index is -0.0670. The monoisotopic (exact) mass is 395 g/mol. The summed E-state index contributed by atoms with van der Waals surface area (Å²) in [5, 5.41) is 17.6. The van der Waals surface area contributed by atoms with Crippen LogP contribution >= 0.6 is 0 Å². The lowest BCUT2D eigenvalue weighted by Gasteiger charge is -2.56. The molecule has 29 heavy (non-hydrogen) atoms. The summed E-state index contributed by atoms with van der Waals surface area (Å²) in [7, 11) is 0. The maximum atomic E-state index is 12.6. The Hall–Kier alpha value is -1.39. The Labute approximate surface area is 172 Å². The first-order chi connectivity index (χ1) is 13.9. The van der Waals surface area contributed by atoms with E-state index >= 15 is 0 Å². The first-order valence-electron chi connectivity index (χ1n) is 12.2. The van der Waals surface area contributed by atoms with Crippen molar-refractivity contribution in [2.75, 3.05) is 0 Å². The summed E-state index contributed by atoms with van der Waals surface area (Å²) >= 11 is 0. The molecule has 8 bridgehead atoms. The van der Waals surface area contributed by atoms with Crippen molar-refractivity contribution >= 4 is 5.82 Å². The third kappa shape index (κ3) is 2.25. The summed E-state index contributed by atoms with van der Waals surface area (Å²) in [6, 6.07) is 0. The minimum absolute atomic E-state index is 0.0352. The fourth-order valence-corrected chi connectivity index (χ4v) is 10.4. The maximum Gasteiger partial charge on any atom is 0.349 e. The summed E-state index contributed by atoms with van der Waals surface area (Å²) < 4.78 is 2.01. The van der Waals surface area contributed by atoms with E-state index in [0.29, 0.717) is 5.82 Å². The molecule has 8 aliphatic rings. The third-order valence-electron chi connectivity index (χ3n) is 10.2. The summed E-state index contributed by atoms with van der Waals surface area (Å²) in [6.45, 7) is 2.08. The van der Waals surface area contributed by atoms with Crippen LogP contribution in [0.3, 0.4) is 0 Å². The van der Waals surface area contributed by atoms with Crippen LogP contribution in [0.1, 0.15) is 88.3 Å². The number of aryl methyl sites for hydroxylation is 1. The SMILES string of the molecule is Cc1nn(C23CC4CC(CC(C4)C2)C3)c([N+](=O)[O-])c1C12CC3CC(CC(C3)C1)C2. The van der Waals surface area contributed by atoms with E-state index in [2.05, 4.69) is 6.92 Å². The zero-order chi connectivity index (χ0) is 19.5. The number of hydrogen-bond donors (Lipinski definition) is 0. The van der Waals surface area contributed by atoms with Crippen molar-refractivity contribution in [1.82, 2.24) is 9.78 Å². The van der Waals surface area contributed by atoms with Crippen LogP contribution in [0.5, 0.6) is 0 Å². The molecule has 8 fully saturated rings. The lowest BCUT2D eigenvalue weighted by atomic mass is 9.48. The van der Waals surface area contributed by atoms with Crippen LogP contribution in [0.25, 0.3) is 0 Å². The van der Waals surface area contributed by atoms with Gasteiger partial charge in [0.15, 0.2) is 0 Å². The lowest BCUT2D eigenvalue weighted by molar-refractivity contribution is -0.396. The average Bonchev–Trinajstić information content (AvgIpc) is 2.99. The summed E-state index contributed by atoms with van der Waals surface area (Å²) in [5.74, 6) is 5.11. The fraction of sp³-hybridized carbons (Fsp3) is 0.875. The van der Waals surface area contributed by atoms with Crippen molar-refractivity contribution < 1.29 is 4.92 Å². The van der Waals surface area contributed by atoms with Gasteiger partial charge in [0, 0.05) is 5.41 Å². The Morgan fingerprint density at radius 1 is 0.828 bits per heavy atom. The highest BCUT2D eigenvalue weighted by Gasteiger charge is 2.60.